The van der Waals surface area contributed by atoms with E-state index in [4.69, 9.17) is 9.47 Å². The Kier molecular flexibility index (Phi) is 3.91. The predicted octanol–water partition coefficient (Wildman–Crippen LogP) is 3.41. The number of esters is 1. The van der Waals surface area contributed by atoms with E-state index in [1.807, 2.05) is 36.4 Å². The summed E-state index contributed by atoms with van der Waals surface area (Å²) < 4.78 is 10.7. The highest BCUT2D eigenvalue weighted by Gasteiger charge is 2.25. The molecule has 1 aliphatic rings. The van der Waals surface area contributed by atoms with Crippen molar-refractivity contribution in [2.45, 2.75) is 25.4 Å². The van der Waals surface area contributed by atoms with E-state index in [1.165, 1.54) is 5.56 Å². The van der Waals surface area contributed by atoms with Crippen LogP contribution in [0.5, 0.6) is 5.75 Å². The van der Waals surface area contributed by atoms with Gasteiger partial charge in [-0.2, -0.15) is 0 Å². The first kappa shape index (κ1) is 13.7. The smallest absolute Gasteiger partial charge is 0.338 e. The Balaban J connectivity index is 1.63. The summed E-state index contributed by atoms with van der Waals surface area (Å²) in [7, 11) is 1.66. The minimum Gasteiger partial charge on any atom is -0.497 e. The number of hydrogen-bond donors (Lipinski definition) is 0. The Labute approximate surface area is 124 Å². The molecule has 21 heavy (non-hydrogen) atoms. The van der Waals surface area contributed by atoms with Gasteiger partial charge in [-0.1, -0.05) is 30.3 Å². The van der Waals surface area contributed by atoms with Crippen molar-refractivity contribution in [1.29, 1.82) is 0 Å². The molecule has 0 aliphatic carbocycles. The zero-order valence-corrected chi connectivity index (χ0v) is 12.0. The van der Waals surface area contributed by atoms with Gasteiger partial charge in [0.05, 0.1) is 12.7 Å². The molecule has 1 heterocycles. The quantitative estimate of drug-likeness (QED) is 0.806. The van der Waals surface area contributed by atoms with Crippen molar-refractivity contribution in [2.75, 3.05) is 7.11 Å². The van der Waals surface area contributed by atoms with Gasteiger partial charge in [-0.15, -0.1) is 0 Å². The third-order valence-corrected chi connectivity index (χ3v) is 3.87. The van der Waals surface area contributed by atoms with Crippen molar-refractivity contribution in [2.24, 2.45) is 0 Å². The summed E-state index contributed by atoms with van der Waals surface area (Å²) >= 11 is 0. The van der Waals surface area contributed by atoms with Gasteiger partial charge in [0.1, 0.15) is 11.9 Å². The van der Waals surface area contributed by atoms with Gasteiger partial charge in [0.2, 0.25) is 0 Å². The van der Waals surface area contributed by atoms with Crippen LogP contribution < -0.4 is 4.74 Å². The number of ether oxygens (including phenoxy) is 2. The van der Waals surface area contributed by atoms with Gasteiger partial charge in [0.15, 0.2) is 0 Å². The number of cyclic esters (lactones) is 1. The van der Waals surface area contributed by atoms with E-state index >= 15 is 0 Å². The van der Waals surface area contributed by atoms with Gasteiger partial charge >= 0.3 is 5.97 Å². The van der Waals surface area contributed by atoms with Crippen LogP contribution in [0.15, 0.2) is 48.5 Å². The first-order valence-electron chi connectivity index (χ1n) is 7.18. The highest BCUT2D eigenvalue weighted by molar-refractivity contribution is 5.92. The summed E-state index contributed by atoms with van der Waals surface area (Å²) in [5.74, 6) is 0.661. The highest BCUT2D eigenvalue weighted by atomic mass is 16.5. The number of aryl methyl sites for hydroxylation is 1. The van der Waals surface area contributed by atoms with E-state index in [2.05, 4.69) is 12.1 Å². The first-order chi connectivity index (χ1) is 10.3. The maximum absolute atomic E-state index is 12.0. The molecule has 0 radical (unpaired) electrons. The second kappa shape index (κ2) is 6.00. The van der Waals surface area contributed by atoms with Crippen molar-refractivity contribution >= 4 is 5.97 Å². The molecule has 0 fully saturated rings. The molecule has 0 N–H and O–H groups in total. The van der Waals surface area contributed by atoms with Gasteiger partial charge in [-0.3, -0.25) is 0 Å². The topological polar surface area (TPSA) is 35.5 Å². The van der Waals surface area contributed by atoms with Crippen LogP contribution in [0.2, 0.25) is 0 Å². The number of carbonyl (C=O) groups is 1. The molecule has 1 aliphatic heterocycles. The Morgan fingerprint density at radius 1 is 1.14 bits per heavy atom. The number of benzene rings is 2. The van der Waals surface area contributed by atoms with Crippen molar-refractivity contribution in [3.8, 4) is 5.75 Å². The fourth-order valence-electron chi connectivity index (χ4n) is 2.68. The molecular formula is C18H18O3. The first-order valence-corrected chi connectivity index (χ1v) is 7.18. The van der Waals surface area contributed by atoms with E-state index in [1.54, 1.807) is 7.11 Å². The molecule has 0 saturated heterocycles. The average Bonchev–Trinajstić information content (AvgIpc) is 2.53. The third-order valence-electron chi connectivity index (χ3n) is 3.87. The summed E-state index contributed by atoms with van der Waals surface area (Å²) in [5, 5.41) is 0. The molecule has 0 saturated carbocycles. The van der Waals surface area contributed by atoms with E-state index < -0.39 is 0 Å². The predicted molar refractivity (Wildman–Crippen MR) is 80.7 cm³/mol. The average molecular weight is 282 g/mol. The number of fused-ring (bicyclic) bond motifs is 1. The Bertz CT molecular complexity index is 631. The van der Waals surface area contributed by atoms with Crippen LogP contribution in [0, 0.1) is 0 Å². The summed E-state index contributed by atoms with van der Waals surface area (Å²) in [6.45, 7) is 0. The lowest BCUT2D eigenvalue weighted by atomic mass is 9.95. The van der Waals surface area contributed by atoms with Gasteiger partial charge in [-0.25, -0.2) is 4.79 Å². The Morgan fingerprint density at radius 2 is 1.90 bits per heavy atom. The molecule has 3 rings (SSSR count). The van der Waals surface area contributed by atoms with Gasteiger partial charge < -0.3 is 9.47 Å². The van der Waals surface area contributed by atoms with Crippen LogP contribution in [-0.4, -0.2) is 19.2 Å². The lowest BCUT2D eigenvalue weighted by molar-refractivity contribution is 0.0239. The minimum atomic E-state index is -0.198. The van der Waals surface area contributed by atoms with Gasteiger partial charge in [0.25, 0.3) is 0 Å². The van der Waals surface area contributed by atoms with Crippen molar-refractivity contribution < 1.29 is 14.3 Å². The number of rotatable bonds is 4. The largest absolute Gasteiger partial charge is 0.497 e. The van der Waals surface area contributed by atoms with Gasteiger partial charge in [-0.05, 0) is 42.2 Å². The number of carbonyl (C=O) groups excluding carboxylic acids is 1. The van der Waals surface area contributed by atoms with Crippen LogP contribution in [-0.2, 0) is 17.6 Å². The highest BCUT2D eigenvalue weighted by Crippen LogP contribution is 2.23. The lowest BCUT2D eigenvalue weighted by Crippen LogP contribution is -2.28. The molecule has 3 nitrogen and oxygen atoms in total. The monoisotopic (exact) mass is 282 g/mol. The SMILES string of the molecule is COc1ccc(CC[C@H]2Cc3ccccc3C(=O)O2)cc1. The van der Waals surface area contributed by atoms with E-state index in [-0.39, 0.29) is 12.1 Å². The molecule has 3 heteroatoms. The van der Waals surface area contributed by atoms with Gasteiger partial charge in [0, 0.05) is 6.42 Å². The zero-order chi connectivity index (χ0) is 14.7. The normalized spacial score (nSPS) is 17.0. The Morgan fingerprint density at radius 3 is 2.67 bits per heavy atom. The fourth-order valence-corrected chi connectivity index (χ4v) is 2.68. The summed E-state index contributed by atoms with van der Waals surface area (Å²) in [6, 6.07) is 15.7. The Hall–Kier alpha value is -2.29. The maximum atomic E-state index is 12.0. The number of methoxy groups -OCH3 is 1. The van der Waals surface area contributed by atoms with Crippen molar-refractivity contribution in [1.82, 2.24) is 0 Å². The lowest BCUT2D eigenvalue weighted by Gasteiger charge is -2.24. The molecule has 1 atom stereocenters. The molecule has 0 amide bonds. The third kappa shape index (κ3) is 3.07. The molecule has 2 aromatic rings. The molecule has 0 spiro atoms. The van der Waals surface area contributed by atoms with Crippen LogP contribution in [0.25, 0.3) is 0 Å². The van der Waals surface area contributed by atoms with Crippen molar-refractivity contribution in [3.05, 3.63) is 65.2 Å². The summed E-state index contributed by atoms with van der Waals surface area (Å²) in [4.78, 5) is 12.0. The molecule has 2 aromatic carbocycles. The second-order valence-electron chi connectivity index (χ2n) is 5.28. The maximum Gasteiger partial charge on any atom is 0.338 e. The number of hydrogen-bond acceptors (Lipinski definition) is 3. The molecular weight excluding hydrogens is 264 g/mol. The van der Waals surface area contributed by atoms with Crippen LogP contribution in [0.4, 0.5) is 0 Å². The van der Waals surface area contributed by atoms with E-state index in [9.17, 15) is 4.79 Å². The minimum absolute atomic E-state index is 0.0329. The molecule has 0 unspecified atom stereocenters. The standard InChI is InChI=1S/C18H18O3/c1-20-15-9-6-13(7-10-15)8-11-16-12-14-4-2-3-5-17(14)18(19)21-16/h2-7,9-10,16H,8,11-12H2,1H3/t16-/m0/s1. The second-order valence-corrected chi connectivity index (χ2v) is 5.28. The fraction of sp³-hybridized carbons (Fsp3) is 0.278. The van der Waals surface area contributed by atoms with Crippen LogP contribution in [0.3, 0.4) is 0 Å². The molecule has 108 valence electrons. The van der Waals surface area contributed by atoms with E-state index in [0.29, 0.717) is 5.56 Å². The summed E-state index contributed by atoms with van der Waals surface area (Å²) in [6.07, 6.45) is 2.50. The van der Waals surface area contributed by atoms with Crippen LogP contribution >= 0.6 is 0 Å². The van der Waals surface area contributed by atoms with Crippen molar-refractivity contribution in [3.63, 3.8) is 0 Å². The molecule has 0 bridgehead atoms. The van der Waals surface area contributed by atoms with E-state index in [0.717, 1.165) is 30.6 Å². The summed E-state index contributed by atoms with van der Waals surface area (Å²) in [5.41, 5.74) is 3.03. The van der Waals surface area contributed by atoms with Crippen LogP contribution in [0.1, 0.15) is 27.9 Å². The zero-order valence-electron chi connectivity index (χ0n) is 12.0. The molecule has 0 aromatic heterocycles.